The van der Waals surface area contributed by atoms with Gasteiger partial charge in [-0.15, -0.1) is 0 Å². The molecule has 0 aromatic carbocycles. The van der Waals surface area contributed by atoms with Crippen LogP contribution in [0, 0.1) is 0 Å². The van der Waals surface area contributed by atoms with Crippen LogP contribution in [0.1, 0.15) is 36.7 Å². The molecule has 0 aliphatic carbocycles. The molecule has 5 nitrogen and oxygen atoms in total. The lowest BCUT2D eigenvalue weighted by Gasteiger charge is -2.08. The fourth-order valence-electron chi connectivity index (χ4n) is 1.82. The van der Waals surface area contributed by atoms with E-state index in [4.69, 9.17) is 0 Å². The van der Waals surface area contributed by atoms with Crippen LogP contribution >= 0.6 is 0 Å². The monoisotopic (exact) mass is 245 g/mol. The number of nitrogens with one attached hydrogen (secondary N) is 1. The number of aromatic hydroxyl groups is 1. The van der Waals surface area contributed by atoms with Gasteiger partial charge in [0.25, 0.3) is 5.56 Å². The summed E-state index contributed by atoms with van der Waals surface area (Å²) >= 11 is 0. The van der Waals surface area contributed by atoms with Gasteiger partial charge in [0, 0.05) is 18.8 Å². The van der Waals surface area contributed by atoms with E-state index in [0.717, 1.165) is 5.56 Å². The number of aromatic nitrogens is 3. The molecule has 0 atom stereocenters. The minimum atomic E-state index is -0.281. The molecular formula is C13H15N3O2. The van der Waals surface area contributed by atoms with Crippen molar-refractivity contribution in [2.75, 3.05) is 0 Å². The van der Waals surface area contributed by atoms with E-state index in [2.05, 4.69) is 15.0 Å². The molecule has 0 saturated heterocycles. The Morgan fingerprint density at radius 1 is 1.44 bits per heavy atom. The van der Waals surface area contributed by atoms with Crippen LogP contribution in [0.15, 0.2) is 29.3 Å². The zero-order valence-corrected chi connectivity index (χ0v) is 10.3. The van der Waals surface area contributed by atoms with Crippen LogP contribution in [-0.2, 0) is 6.42 Å². The van der Waals surface area contributed by atoms with Gasteiger partial charge in [-0.3, -0.25) is 9.78 Å². The van der Waals surface area contributed by atoms with Gasteiger partial charge in [0.15, 0.2) is 0 Å². The number of hydrogen-bond acceptors (Lipinski definition) is 4. The van der Waals surface area contributed by atoms with Crippen molar-refractivity contribution >= 4 is 0 Å². The van der Waals surface area contributed by atoms with E-state index in [1.54, 1.807) is 12.4 Å². The first-order chi connectivity index (χ1) is 8.58. The van der Waals surface area contributed by atoms with E-state index >= 15 is 0 Å². The van der Waals surface area contributed by atoms with Crippen molar-refractivity contribution in [2.45, 2.75) is 26.2 Å². The van der Waals surface area contributed by atoms with Gasteiger partial charge in [0.1, 0.15) is 5.82 Å². The first-order valence-electron chi connectivity index (χ1n) is 5.79. The summed E-state index contributed by atoms with van der Waals surface area (Å²) in [5.74, 6) is 0.191. The molecule has 0 saturated carbocycles. The predicted molar refractivity (Wildman–Crippen MR) is 67.7 cm³/mol. The standard InChI is InChI=1S/C13H15N3O2/c1-8(2)11-12(17)15-10(16-13(11)18)6-9-4-3-5-14-7-9/h3-5,7-8H,6H2,1-2H3,(H2,15,16,17,18). The lowest BCUT2D eigenvalue weighted by molar-refractivity contribution is 0.436. The normalized spacial score (nSPS) is 10.8. The van der Waals surface area contributed by atoms with Gasteiger partial charge in [-0.1, -0.05) is 19.9 Å². The van der Waals surface area contributed by atoms with E-state index in [0.29, 0.717) is 17.8 Å². The van der Waals surface area contributed by atoms with Gasteiger partial charge in [-0.2, -0.15) is 4.98 Å². The number of hydrogen-bond donors (Lipinski definition) is 2. The highest BCUT2D eigenvalue weighted by Crippen LogP contribution is 2.18. The van der Waals surface area contributed by atoms with Crippen LogP contribution in [0.2, 0.25) is 0 Å². The van der Waals surface area contributed by atoms with Gasteiger partial charge < -0.3 is 10.1 Å². The molecule has 2 heterocycles. The minimum absolute atomic E-state index is 0.0614. The van der Waals surface area contributed by atoms with Crippen LogP contribution in [0.3, 0.4) is 0 Å². The Morgan fingerprint density at radius 3 is 2.78 bits per heavy atom. The van der Waals surface area contributed by atoms with Gasteiger partial charge in [0.05, 0.1) is 5.56 Å². The highest BCUT2D eigenvalue weighted by Gasteiger charge is 2.14. The van der Waals surface area contributed by atoms with Crippen LogP contribution in [0.25, 0.3) is 0 Å². The van der Waals surface area contributed by atoms with Crippen LogP contribution in [-0.4, -0.2) is 20.1 Å². The van der Waals surface area contributed by atoms with Crippen LogP contribution in [0.5, 0.6) is 5.88 Å². The van der Waals surface area contributed by atoms with Gasteiger partial charge >= 0.3 is 0 Å². The SMILES string of the molecule is CC(C)c1c(O)nc(Cc2cccnc2)[nH]c1=O. The number of aromatic amines is 1. The van der Waals surface area contributed by atoms with E-state index in [1.807, 2.05) is 26.0 Å². The molecule has 5 heteroatoms. The van der Waals surface area contributed by atoms with Crippen molar-refractivity contribution in [3.63, 3.8) is 0 Å². The minimum Gasteiger partial charge on any atom is -0.493 e. The van der Waals surface area contributed by atoms with E-state index in [-0.39, 0.29) is 17.4 Å². The first-order valence-corrected chi connectivity index (χ1v) is 5.79. The third-order valence-corrected chi connectivity index (χ3v) is 2.66. The molecule has 2 aromatic rings. The maximum absolute atomic E-state index is 11.8. The van der Waals surface area contributed by atoms with Gasteiger partial charge in [-0.05, 0) is 17.5 Å². The second-order valence-electron chi connectivity index (χ2n) is 4.44. The third-order valence-electron chi connectivity index (χ3n) is 2.66. The molecule has 2 rings (SSSR count). The molecule has 0 bridgehead atoms. The maximum Gasteiger partial charge on any atom is 0.258 e. The van der Waals surface area contributed by atoms with Gasteiger partial charge in [-0.25, -0.2) is 0 Å². The molecule has 2 aromatic heterocycles. The first kappa shape index (κ1) is 12.3. The van der Waals surface area contributed by atoms with Crippen LogP contribution in [0.4, 0.5) is 0 Å². The average molecular weight is 245 g/mol. The molecule has 18 heavy (non-hydrogen) atoms. The molecular weight excluding hydrogens is 230 g/mol. The summed E-state index contributed by atoms with van der Waals surface area (Å²) in [6.07, 6.45) is 3.82. The zero-order chi connectivity index (χ0) is 13.1. The number of nitrogens with zero attached hydrogens (tertiary/aromatic N) is 2. The highest BCUT2D eigenvalue weighted by atomic mass is 16.3. The Kier molecular flexibility index (Phi) is 3.41. The topological polar surface area (TPSA) is 78.9 Å². The molecule has 0 aliphatic heterocycles. The van der Waals surface area contributed by atoms with E-state index < -0.39 is 0 Å². The fourth-order valence-corrected chi connectivity index (χ4v) is 1.82. The van der Waals surface area contributed by atoms with Crippen molar-refractivity contribution in [3.8, 4) is 5.88 Å². The molecule has 0 unspecified atom stereocenters. The Hall–Kier alpha value is -2.17. The number of H-pyrrole nitrogens is 1. The lowest BCUT2D eigenvalue weighted by atomic mass is 10.1. The summed E-state index contributed by atoms with van der Waals surface area (Å²) in [6, 6.07) is 3.70. The summed E-state index contributed by atoms with van der Waals surface area (Å²) < 4.78 is 0. The molecule has 0 fully saturated rings. The predicted octanol–water partition coefficient (Wildman–Crippen LogP) is 1.58. The van der Waals surface area contributed by atoms with Crippen molar-refractivity contribution in [3.05, 3.63) is 51.8 Å². The maximum atomic E-state index is 11.8. The average Bonchev–Trinajstić information content (AvgIpc) is 2.28. The zero-order valence-electron chi connectivity index (χ0n) is 10.3. The van der Waals surface area contributed by atoms with Gasteiger partial charge in [0.2, 0.25) is 5.88 Å². The van der Waals surface area contributed by atoms with Crippen molar-refractivity contribution in [1.82, 2.24) is 15.0 Å². The summed E-state index contributed by atoms with van der Waals surface area (Å²) in [5, 5.41) is 9.77. The molecule has 94 valence electrons. The molecule has 2 N–H and O–H groups in total. The second kappa shape index (κ2) is 5.00. The Morgan fingerprint density at radius 2 is 2.22 bits per heavy atom. The highest BCUT2D eigenvalue weighted by molar-refractivity contribution is 5.27. The van der Waals surface area contributed by atoms with Crippen LogP contribution < -0.4 is 5.56 Å². The van der Waals surface area contributed by atoms with Crippen molar-refractivity contribution in [1.29, 1.82) is 0 Å². The Labute approximate surface area is 105 Å². The summed E-state index contributed by atoms with van der Waals surface area (Å²) in [4.78, 5) is 22.5. The Bertz CT molecular complexity index is 591. The second-order valence-corrected chi connectivity index (χ2v) is 4.44. The van der Waals surface area contributed by atoms with Crippen molar-refractivity contribution < 1.29 is 5.11 Å². The molecule has 0 aliphatic rings. The summed E-state index contributed by atoms with van der Waals surface area (Å²) in [7, 11) is 0. The Balaban J connectivity index is 2.35. The molecule has 0 spiro atoms. The van der Waals surface area contributed by atoms with E-state index in [9.17, 15) is 9.90 Å². The molecule has 0 amide bonds. The smallest absolute Gasteiger partial charge is 0.258 e. The van der Waals surface area contributed by atoms with Crippen molar-refractivity contribution in [2.24, 2.45) is 0 Å². The largest absolute Gasteiger partial charge is 0.493 e. The summed E-state index contributed by atoms with van der Waals surface area (Å²) in [6.45, 7) is 3.68. The van der Waals surface area contributed by atoms with E-state index in [1.165, 1.54) is 0 Å². The summed E-state index contributed by atoms with van der Waals surface area (Å²) in [5.41, 5.74) is 0.971. The number of pyridine rings is 1. The third kappa shape index (κ3) is 2.56. The number of rotatable bonds is 3. The fraction of sp³-hybridized carbons (Fsp3) is 0.308. The quantitative estimate of drug-likeness (QED) is 0.860. The molecule has 0 radical (unpaired) electrons. The lowest BCUT2D eigenvalue weighted by Crippen LogP contribution is -2.18.